The molecule has 0 spiro atoms. The van der Waals surface area contributed by atoms with Crippen LogP contribution in [0.5, 0.6) is 5.75 Å². The molecule has 0 saturated heterocycles. The van der Waals surface area contributed by atoms with Crippen molar-refractivity contribution < 1.29 is 9.53 Å². The first-order valence-corrected chi connectivity index (χ1v) is 6.44. The highest BCUT2D eigenvalue weighted by atomic mass is 79.9. The Balaban J connectivity index is 2.89. The predicted molar refractivity (Wildman–Crippen MR) is 79.9 cm³/mol. The third kappa shape index (κ3) is 3.20. The van der Waals surface area contributed by atoms with E-state index >= 15 is 0 Å². The molecular weight excluding hydrogens is 316 g/mol. The molecule has 0 aromatic heterocycles. The van der Waals surface area contributed by atoms with Crippen molar-refractivity contribution in [2.75, 3.05) is 12.4 Å². The zero-order chi connectivity index (χ0) is 13.9. The number of thiocarbonyl (C=S) groups is 1. The molecule has 3 N–H and O–H groups in total. The number of rotatable bonds is 4. The van der Waals surface area contributed by atoms with Crippen molar-refractivity contribution >= 4 is 44.7 Å². The topological polar surface area (TPSA) is 64.3 Å². The van der Waals surface area contributed by atoms with Crippen LogP contribution >= 0.6 is 28.1 Å². The Kier molecular flexibility index (Phi) is 4.70. The molecular formula is C12H15BrN2O2S. The summed E-state index contributed by atoms with van der Waals surface area (Å²) in [6.07, 6.45) is 0. The number of carbonyl (C=O) groups excluding carboxylic acids is 1. The van der Waals surface area contributed by atoms with Crippen LogP contribution in [0.25, 0.3) is 0 Å². The molecule has 1 rings (SSSR count). The smallest absolute Gasteiger partial charge is 0.236 e. The van der Waals surface area contributed by atoms with E-state index in [-0.39, 0.29) is 10.9 Å². The highest BCUT2D eigenvalue weighted by molar-refractivity contribution is 9.10. The van der Waals surface area contributed by atoms with Crippen molar-refractivity contribution in [3.05, 3.63) is 22.7 Å². The van der Waals surface area contributed by atoms with E-state index in [2.05, 4.69) is 21.2 Å². The molecule has 0 aliphatic carbocycles. The normalized spacial score (nSPS) is 10.9. The van der Waals surface area contributed by atoms with Crippen LogP contribution in [0.15, 0.2) is 22.7 Å². The van der Waals surface area contributed by atoms with Crippen molar-refractivity contribution in [2.45, 2.75) is 13.8 Å². The summed E-state index contributed by atoms with van der Waals surface area (Å²) in [5.41, 5.74) is 5.30. The summed E-state index contributed by atoms with van der Waals surface area (Å²) in [7, 11) is 1.58. The molecule has 0 saturated carbocycles. The molecule has 0 radical (unpaired) electrons. The van der Waals surface area contributed by atoms with E-state index in [0.717, 1.165) is 4.47 Å². The first-order chi connectivity index (χ1) is 8.28. The van der Waals surface area contributed by atoms with Gasteiger partial charge >= 0.3 is 0 Å². The monoisotopic (exact) mass is 330 g/mol. The van der Waals surface area contributed by atoms with Crippen LogP contribution < -0.4 is 15.8 Å². The average Bonchev–Trinajstić information content (AvgIpc) is 2.28. The molecule has 1 amide bonds. The Bertz CT molecular complexity index is 489. The van der Waals surface area contributed by atoms with Crippen LogP contribution in [0.3, 0.4) is 0 Å². The predicted octanol–water partition coefficient (Wildman–Crippen LogP) is 2.71. The van der Waals surface area contributed by atoms with Crippen LogP contribution in [0.4, 0.5) is 5.69 Å². The quantitative estimate of drug-likeness (QED) is 0.833. The van der Waals surface area contributed by atoms with Crippen molar-refractivity contribution in [3.8, 4) is 5.75 Å². The summed E-state index contributed by atoms with van der Waals surface area (Å²) < 4.78 is 5.87. The number of anilines is 1. The van der Waals surface area contributed by atoms with Crippen LogP contribution in [0.2, 0.25) is 0 Å². The van der Waals surface area contributed by atoms with Gasteiger partial charge in [0.25, 0.3) is 0 Å². The van der Waals surface area contributed by atoms with Crippen LogP contribution in [0, 0.1) is 5.41 Å². The van der Waals surface area contributed by atoms with Gasteiger partial charge in [-0.05, 0) is 48.0 Å². The lowest BCUT2D eigenvalue weighted by Crippen LogP contribution is -2.41. The first kappa shape index (κ1) is 14.9. The molecule has 0 bridgehead atoms. The molecule has 1 aromatic rings. The van der Waals surface area contributed by atoms with Gasteiger partial charge in [0.1, 0.15) is 5.75 Å². The molecule has 0 fully saturated rings. The maximum absolute atomic E-state index is 12.0. The first-order valence-electron chi connectivity index (χ1n) is 5.24. The van der Waals surface area contributed by atoms with Gasteiger partial charge in [-0.15, -0.1) is 0 Å². The number of amides is 1. The van der Waals surface area contributed by atoms with E-state index < -0.39 is 5.41 Å². The number of halogens is 1. The summed E-state index contributed by atoms with van der Waals surface area (Å²) in [6.45, 7) is 3.37. The minimum Gasteiger partial charge on any atom is -0.496 e. The number of carbonyl (C=O) groups is 1. The van der Waals surface area contributed by atoms with E-state index in [1.807, 2.05) is 0 Å². The van der Waals surface area contributed by atoms with E-state index in [1.54, 1.807) is 39.2 Å². The van der Waals surface area contributed by atoms with Crippen LogP contribution in [-0.2, 0) is 4.79 Å². The van der Waals surface area contributed by atoms with Crippen LogP contribution in [-0.4, -0.2) is 18.0 Å². The third-order valence-corrected chi connectivity index (χ3v) is 3.72. The molecule has 0 atom stereocenters. The zero-order valence-electron chi connectivity index (χ0n) is 10.4. The Hall–Kier alpha value is -1.14. The largest absolute Gasteiger partial charge is 0.496 e. The van der Waals surface area contributed by atoms with E-state index in [9.17, 15) is 4.79 Å². The van der Waals surface area contributed by atoms with Gasteiger partial charge in [-0.3, -0.25) is 4.79 Å². The number of hydrogen-bond acceptors (Lipinski definition) is 3. The third-order valence-electron chi connectivity index (χ3n) is 2.59. The Labute approximate surface area is 120 Å². The second-order valence-corrected chi connectivity index (χ2v) is 5.59. The number of ether oxygens (including phenoxy) is 1. The van der Waals surface area contributed by atoms with Gasteiger partial charge in [0, 0.05) is 5.69 Å². The zero-order valence-corrected chi connectivity index (χ0v) is 12.8. The highest BCUT2D eigenvalue weighted by Crippen LogP contribution is 2.28. The summed E-state index contributed by atoms with van der Waals surface area (Å²) in [5.74, 6) is 0.452. The van der Waals surface area contributed by atoms with E-state index in [4.69, 9.17) is 22.7 Å². The van der Waals surface area contributed by atoms with Crippen LogP contribution in [0.1, 0.15) is 13.8 Å². The second kappa shape index (κ2) is 5.67. The van der Waals surface area contributed by atoms with Crippen molar-refractivity contribution in [3.63, 3.8) is 0 Å². The van der Waals surface area contributed by atoms with Gasteiger partial charge in [-0.2, -0.15) is 0 Å². The van der Waals surface area contributed by atoms with E-state index in [0.29, 0.717) is 11.4 Å². The fourth-order valence-electron chi connectivity index (χ4n) is 1.14. The number of hydrogen-bond donors (Lipinski definition) is 2. The molecule has 0 aliphatic heterocycles. The van der Waals surface area contributed by atoms with E-state index in [1.165, 1.54) is 0 Å². The molecule has 0 unspecified atom stereocenters. The summed E-state index contributed by atoms with van der Waals surface area (Å²) in [5, 5.41) is 2.76. The molecule has 4 nitrogen and oxygen atoms in total. The van der Waals surface area contributed by atoms with Gasteiger partial charge in [-0.25, -0.2) is 0 Å². The lowest BCUT2D eigenvalue weighted by Gasteiger charge is -2.22. The van der Waals surface area contributed by atoms with Crippen molar-refractivity contribution in [2.24, 2.45) is 11.1 Å². The molecule has 98 valence electrons. The standard InChI is InChI=1S/C12H15BrN2O2S/c1-12(2,10(14)18)11(16)15-7-4-5-9(17-3)8(13)6-7/h4-6H,1-3H3,(H2,14,18)(H,15,16). The molecule has 0 heterocycles. The maximum atomic E-state index is 12.0. The maximum Gasteiger partial charge on any atom is 0.236 e. The number of benzene rings is 1. The Morgan fingerprint density at radius 2 is 2.11 bits per heavy atom. The van der Waals surface area contributed by atoms with Gasteiger partial charge in [0.05, 0.1) is 22.0 Å². The van der Waals surface area contributed by atoms with Gasteiger partial charge in [-0.1, -0.05) is 12.2 Å². The molecule has 6 heteroatoms. The fraction of sp³-hybridized carbons (Fsp3) is 0.333. The average molecular weight is 331 g/mol. The Morgan fingerprint density at radius 3 is 2.56 bits per heavy atom. The van der Waals surface area contributed by atoms with Gasteiger partial charge < -0.3 is 15.8 Å². The molecule has 0 aliphatic rings. The molecule has 1 aromatic carbocycles. The summed E-state index contributed by atoms with van der Waals surface area (Å²) in [4.78, 5) is 12.2. The number of nitrogens with two attached hydrogens (primary N) is 1. The van der Waals surface area contributed by atoms with Gasteiger partial charge in [0.15, 0.2) is 0 Å². The number of methoxy groups -OCH3 is 1. The minimum absolute atomic E-state index is 0.160. The van der Waals surface area contributed by atoms with Crippen molar-refractivity contribution in [1.29, 1.82) is 0 Å². The summed E-state index contributed by atoms with van der Waals surface area (Å²) in [6, 6.07) is 5.26. The second-order valence-electron chi connectivity index (χ2n) is 4.29. The lowest BCUT2D eigenvalue weighted by molar-refractivity contribution is -0.121. The van der Waals surface area contributed by atoms with Crippen molar-refractivity contribution in [1.82, 2.24) is 0 Å². The highest BCUT2D eigenvalue weighted by Gasteiger charge is 2.30. The molecule has 18 heavy (non-hydrogen) atoms. The SMILES string of the molecule is COc1ccc(NC(=O)C(C)(C)C(N)=S)cc1Br. The minimum atomic E-state index is -0.887. The fourth-order valence-corrected chi connectivity index (χ4v) is 1.78. The van der Waals surface area contributed by atoms with Gasteiger partial charge in [0.2, 0.25) is 5.91 Å². The number of nitrogens with one attached hydrogen (secondary N) is 1. The Morgan fingerprint density at radius 1 is 1.50 bits per heavy atom. The summed E-state index contributed by atoms with van der Waals surface area (Å²) >= 11 is 8.23. The lowest BCUT2D eigenvalue weighted by atomic mass is 9.92.